The minimum Gasteiger partial charge on any atom is -0.390 e. The first-order valence-electron chi connectivity index (χ1n) is 5.93. The van der Waals surface area contributed by atoms with Crippen LogP contribution in [0.3, 0.4) is 0 Å². The van der Waals surface area contributed by atoms with Gasteiger partial charge in [0, 0.05) is 39.3 Å². The molecule has 2 heterocycles. The summed E-state index contributed by atoms with van der Waals surface area (Å²) in [6.45, 7) is 2.62. The maximum atomic E-state index is 12.2. The van der Waals surface area contributed by atoms with E-state index in [1.54, 1.807) is 11.9 Å². The molecule has 0 radical (unpaired) electrons. The van der Waals surface area contributed by atoms with Crippen molar-refractivity contribution in [2.45, 2.75) is 25.0 Å². The summed E-state index contributed by atoms with van der Waals surface area (Å²) in [5, 5.41) is 12.8. The van der Waals surface area contributed by atoms with Gasteiger partial charge in [0.2, 0.25) is 5.91 Å². The third kappa shape index (κ3) is 2.36. The van der Waals surface area contributed by atoms with E-state index in [1.807, 2.05) is 0 Å². The predicted molar refractivity (Wildman–Crippen MR) is 59.0 cm³/mol. The number of aliphatic hydroxyl groups excluding tert-OH is 1. The SMILES string of the molecule is CN(C(=O)C1CCOCC1)[C@@H]1CNC[C@H]1O. The van der Waals surface area contributed by atoms with Crippen molar-refractivity contribution in [3.8, 4) is 0 Å². The minimum absolute atomic E-state index is 0.0738. The van der Waals surface area contributed by atoms with Gasteiger partial charge in [-0.15, -0.1) is 0 Å². The van der Waals surface area contributed by atoms with Crippen LogP contribution in [0.25, 0.3) is 0 Å². The van der Waals surface area contributed by atoms with E-state index in [9.17, 15) is 9.90 Å². The zero-order chi connectivity index (χ0) is 11.5. The number of β-amino-alcohol motifs (C(OH)–C–C–N with tert-alkyl or cyclic N) is 1. The van der Waals surface area contributed by atoms with E-state index in [2.05, 4.69) is 5.32 Å². The normalized spacial score (nSPS) is 31.6. The van der Waals surface area contributed by atoms with E-state index in [0.717, 1.165) is 12.8 Å². The Hall–Kier alpha value is -0.650. The number of aliphatic hydroxyl groups is 1. The number of rotatable bonds is 2. The maximum absolute atomic E-state index is 12.2. The lowest BCUT2D eigenvalue weighted by Crippen LogP contribution is -2.47. The molecule has 5 heteroatoms. The first-order chi connectivity index (χ1) is 7.70. The predicted octanol–water partition coefficient (Wildman–Crippen LogP) is -0.796. The van der Waals surface area contributed by atoms with Gasteiger partial charge in [0.05, 0.1) is 12.1 Å². The number of nitrogens with one attached hydrogen (secondary N) is 1. The van der Waals surface area contributed by atoms with Crippen molar-refractivity contribution in [3.05, 3.63) is 0 Å². The van der Waals surface area contributed by atoms with Crippen molar-refractivity contribution >= 4 is 5.91 Å². The molecule has 0 saturated carbocycles. The zero-order valence-electron chi connectivity index (χ0n) is 9.69. The lowest BCUT2D eigenvalue weighted by atomic mass is 9.98. The Balaban J connectivity index is 1.92. The Kier molecular flexibility index (Phi) is 3.78. The highest BCUT2D eigenvalue weighted by molar-refractivity contribution is 5.79. The summed E-state index contributed by atoms with van der Waals surface area (Å²) < 4.78 is 5.24. The standard InChI is InChI=1S/C11H20N2O3/c1-13(9-6-12-7-10(9)14)11(15)8-2-4-16-5-3-8/h8-10,12,14H,2-7H2,1H3/t9-,10-/m1/s1. The third-order valence-corrected chi connectivity index (χ3v) is 3.57. The molecular weight excluding hydrogens is 208 g/mol. The van der Waals surface area contributed by atoms with E-state index >= 15 is 0 Å². The van der Waals surface area contributed by atoms with Gasteiger partial charge in [-0.3, -0.25) is 4.79 Å². The second-order valence-electron chi connectivity index (χ2n) is 4.63. The highest BCUT2D eigenvalue weighted by atomic mass is 16.5. The molecule has 2 fully saturated rings. The average molecular weight is 228 g/mol. The van der Waals surface area contributed by atoms with Crippen molar-refractivity contribution in [3.63, 3.8) is 0 Å². The Morgan fingerprint density at radius 1 is 1.38 bits per heavy atom. The molecule has 2 aliphatic rings. The van der Waals surface area contributed by atoms with Crippen molar-refractivity contribution in [1.82, 2.24) is 10.2 Å². The van der Waals surface area contributed by atoms with Gasteiger partial charge >= 0.3 is 0 Å². The Bertz CT molecular complexity index is 254. The van der Waals surface area contributed by atoms with Crippen molar-refractivity contribution < 1.29 is 14.6 Å². The van der Waals surface area contributed by atoms with Gasteiger partial charge in [-0.25, -0.2) is 0 Å². The molecule has 0 aliphatic carbocycles. The molecule has 2 saturated heterocycles. The van der Waals surface area contributed by atoms with Crippen LogP contribution >= 0.6 is 0 Å². The molecule has 5 nitrogen and oxygen atoms in total. The van der Waals surface area contributed by atoms with Crippen LogP contribution in [0.1, 0.15) is 12.8 Å². The minimum atomic E-state index is -0.436. The summed E-state index contributed by atoms with van der Waals surface area (Å²) in [5.41, 5.74) is 0. The molecule has 2 N–H and O–H groups in total. The molecule has 2 rings (SSSR count). The number of ether oxygens (including phenoxy) is 1. The molecule has 0 aromatic heterocycles. The smallest absolute Gasteiger partial charge is 0.225 e. The number of nitrogens with zero attached hydrogens (tertiary/aromatic N) is 1. The Labute approximate surface area is 95.8 Å². The lowest BCUT2D eigenvalue weighted by Gasteiger charge is -2.31. The number of carbonyl (C=O) groups is 1. The van der Waals surface area contributed by atoms with Crippen molar-refractivity contribution in [2.24, 2.45) is 5.92 Å². The van der Waals surface area contributed by atoms with Gasteiger partial charge in [-0.1, -0.05) is 0 Å². The number of carbonyl (C=O) groups excluding carboxylic acids is 1. The summed E-state index contributed by atoms with van der Waals surface area (Å²) >= 11 is 0. The zero-order valence-corrected chi connectivity index (χ0v) is 9.69. The highest BCUT2D eigenvalue weighted by Gasteiger charge is 2.34. The fourth-order valence-electron chi connectivity index (χ4n) is 2.44. The van der Waals surface area contributed by atoms with Gasteiger partial charge in [-0.05, 0) is 12.8 Å². The first kappa shape index (κ1) is 11.8. The van der Waals surface area contributed by atoms with E-state index in [1.165, 1.54) is 0 Å². The fourth-order valence-corrected chi connectivity index (χ4v) is 2.44. The van der Waals surface area contributed by atoms with E-state index in [-0.39, 0.29) is 17.9 Å². The van der Waals surface area contributed by atoms with Crippen LogP contribution in [0, 0.1) is 5.92 Å². The Morgan fingerprint density at radius 3 is 2.62 bits per heavy atom. The second-order valence-corrected chi connectivity index (χ2v) is 4.63. The average Bonchev–Trinajstić information content (AvgIpc) is 2.75. The molecule has 0 aromatic carbocycles. The van der Waals surface area contributed by atoms with Crippen LogP contribution in [0.2, 0.25) is 0 Å². The summed E-state index contributed by atoms with van der Waals surface area (Å²) in [6, 6.07) is -0.0738. The quantitative estimate of drug-likeness (QED) is 0.650. The van der Waals surface area contributed by atoms with Gasteiger partial charge in [-0.2, -0.15) is 0 Å². The van der Waals surface area contributed by atoms with Crippen LogP contribution in [-0.4, -0.2) is 61.4 Å². The highest BCUT2D eigenvalue weighted by Crippen LogP contribution is 2.19. The number of likely N-dealkylation sites (N-methyl/N-ethyl adjacent to an activating group) is 1. The summed E-state index contributed by atoms with van der Waals surface area (Å²) in [7, 11) is 1.79. The molecular formula is C11H20N2O3. The van der Waals surface area contributed by atoms with Gasteiger partial charge < -0.3 is 20.1 Å². The van der Waals surface area contributed by atoms with Crippen LogP contribution in [0.15, 0.2) is 0 Å². The van der Waals surface area contributed by atoms with E-state index in [0.29, 0.717) is 26.3 Å². The largest absolute Gasteiger partial charge is 0.390 e. The van der Waals surface area contributed by atoms with E-state index < -0.39 is 6.10 Å². The summed E-state index contributed by atoms with van der Waals surface area (Å²) in [5.74, 6) is 0.225. The molecule has 16 heavy (non-hydrogen) atoms. The molecule has 0 aromatic rings. The summed E-state index contributed by atoms with van der Waals surface area (Å²) in [6.07, 6.45) is 1.17. The monoisotopic (exact) mass is 228 g/mol. The van der Waals surface area contributed by atoms with Crippen LogP contribution in [0.4, 0.5) is 0 Å². The van der Waals surface area contributed by atoms with E-state index in [4.69, 9.17) is 4.74 Å². The maximum Gasteiger partial charge on any atom is 0.225 e. The molecule has 1 amide bonds. The van der Waals surface area contributed by atoms with Gasteiger partial charge in [0.1, 0.15) is 0 Å². The molecule has 2 atom stereocenters. The van der Waals surface area contributed by atoms with Crippen LogP contribution in [0.5, 0.6) is 0 Å². The van der Waals surface area contributed by atoms with Gasteiger partial charge in [0.15, 0.2) is 0 Å². The third-order valence-electron chi connectivity index (χ3n) is 3.57. The molecule has 0 bridgehead atoms. The molecule has 0 unspecified atom stereocenters. The van der Waals surface area contributed by atoms with Crippen LogP contribution in [-0.2, 0) is 9.53 Å². The summed E-state index contributed by atoms with van der Waals surface area (Å²) in [4.78, 5) is 13.9. The number of amides is 1. The van der Waals surface area contributed by atoms with Crippen LogP contribution < -0.4 is 5.32 Å². The van der Waals surface area contributed by atoms with Crippen molar-refractivity contribution in [2.75, 3.05) is 33.4 Å². The first-order valence-corrected chi connectivity index (χ1v) is 5.93. The molecule has 92 valence electrons. The molecule has 0 spiro atoms. The van der Waals surface area contributed by atoms with Gasteiger partial charge in [0.25, 0.3) is 0 Å². The second kappa shape index (κ2) is 5.12. The number of hydrogen-bond donors (Lipinski definition) is 2. The fraction of sp³-hybridized carbons (Fsp3) is 0.909. The molecule has 2 aliphatic heterocycles. The topological polar surface area (TPSA) is 61.8 Å². The lowest BCUT2D eigenvalue weighted by molar-refractivity contribution is -0.140. The Morgan fingerprint density at radius 2 is 2.06 bits per heavy atom. The number of hydrogen-bond acceptors (Lipinski definition) is 4. The van der Waals surface area contributed by atoms with Crippen molar-refractivity contribution in [1.29, 1.82) is 0 Å².